The second kappa shape index (κ2) is 9.52. The summed E-state index contributed by atoms with van der Waals surface area (Å²) in [6, 6.07) is 4.61. The normalized spacial score (nSPS) is 19.8. The number of nitrogens with zero attached hydrogens (tertiary/aromatic N) is 2. The summed E-state index contributed by atoms with van der Waals surface area (Å²) in [6.07, 6.45) is 3.59. The van der Waals surface area contributed by atoms with Crippen molar-refractivity contribution < 1.29 is 34.1 Å². The van der Waals surface area contributed by atoms with Crippen molar-refractivity contribution in [2.75, 3.05) is 25.1 Å². The first-order valence-corrected chi connectivity index (χ1v) is 9.04. The highest BCUT2D eigenvalue weighted by Crippen LogP contribution is 2.35. The first kappa shape index (κ1) is 21.6. The average Bonchev–Trinajstić information content (AvgIpc) is 2.97. The van der Waals surface area contributed by atoms with E-state index in [4.69, 9.17) is 36.1 Å². The van der Waals surface area contributed by atoms with Crippen molar-refractivity contribution in [3.8, 4) is 5.75 Å². The Labute approximate surface area is 166 Å². The van der Waals surface area contributed by atoms with Crippen LogP contribution in [-0.4, -0.2) is 65.1 Å². The summed E-state index contributed by atoms with van der Waals surface area (Å²) in [5, 5.41) is 15.3. The number of imide groups is 1. The van der Waals surface area contributed by atoms with Crippen LogP contribution in [0.25, 0.3) is 0 Å². The molecule has 0 bridgehead atoms. The van der Waals surface area contributed by atoms with Gasteiger partial charge in [0, 0.05) is 5.02 Å². The molecule has 1 atom stereocenters. The standard InChI is InChI=1S/C16H19ClN2O3.C2H2O4/c1-22-14-6-5-11(17)9-12(14)19-15(20)10-13(16(19)21)18-7-3-2-4-8-18;3-1(4)2(5)6/h5-6,9,13H,2-4,7-8,10H2,1H3;(H,3,4)(H,5,6). The number of ether oxygens (including phenoxy) is 1. The van der Waals surface area contributed by atoms with Crippen LogP contribution in [-0.2, 0) is 19.2 Å². The van der Waals surface area contributed by atoms with Crippen LogP contribution in [0.2, 0.25) is 5.02 Å². The number of amides is 2. The van der Waals surface area contributed by atoms with Crippen LogP contribution in [0.3, 0.4) is 0 Å². The van der Waals surface area contributed by atoms with Gasteiger partial charge in [-0.15, -0.1) is 0 Å². The minimum absolute atomic E-state index is 0.174. The first-order valence-electron chi connectivity index (χ1n) is 8.67. The van der Waals surface area contributed by atoms with Crippen LogP contribution in [0, 0.1) is 0 Å². The summed E-state index contributed by atoms with van der Waals surface area (Å²) in [5.74, 6) is -3.54. The number of piperidine rings is 1. The molecule has 0 spiro atoms. The lowest BCUT2D eigenvalue weighted by Gasteiger charge is -2.30. The molecule has 2 fully saturated rings. The number of hydrogen-bond donors (Lipinski definition) is 2. The van der Waals surface area contributed by atoms with Crippen molar-refractivity contribution in [2.24, 2.45) is 0 Å². The number of likely N-dealkylation sites (tertiary alicyclic amines) is 1. The Hall–Kier alpha value is -2.65. The van der Waals surface area contributed by atoms with Gasteiger partial charge in [0.2, 0.25) is 5.91 Å². The number of halogens is 1. The molecular weight excluding hydrogens is 392 g/mol. The number of carboxylic acid groups (broad SMARTS) is 2. The fourth-order valence-corrected chi connectivity index (χ4v) is 3.39. The smallest absolute Gasteiger partial charge is 0.414 e. The summed E-state index contributed by atoms with van der Waals surface area (Å²) in [7, 11) is 1.51. The van der Waals surface area contributed by atoms with Gasteiger partial charge in [-0.3, -0.25) is 14.5 Å². The lowest BCUT2D eigenvalue weighted by atomic mass is 10.1. The molecule has 0 aliphatic carbocycles. The molecule has 2 aliphatic rings. The molecule has 1 aromatic rings. The monoisotopic (exact) mass is 412 g/mol. The topological polar surface area (TPSA) is 124 Å². The lowest BCUT2D eigenvalue weighted by molar-refractivity contribution is -0.159. The van der Waals surface area contributed by atoms with Crippen LogP contribution in [0.15, 0.2) is 18.2 Å². The maximum Gasteiger partial charge on any atom is 0.414 e. The number of hydrogen-bond acceptors (Lipinski definition) is 6. The van der Waals surface area contributed by atoms with Crippen molar-refractivity contribution in [1.82, 2.24) is 4.90 Å². The van der Waals surface area contributed by atoms with E-state index in [2.05, 4.69) is 4.90 Å². The molecule has 9 nitrogen and oxygen atoms in total. The maximum absolute atomic E-state index is 12.8. The van der Waals surface area contributed by atoms with E-state index in [0.717, 1.165) is 25.9 Å². The molecule has 0 aromatic heterocycles. The fraction of sp³-hybridized carbons (Fsp3) is 0.444. The highest BCUT2D eigenvalue weighted by molar-refractivity contribution is 6.31. The van der Waals surface area contributed by atoms with Crippen LogP contribution in [0.4, 0.5) is 5.69 Å². The Bertz CT molecular complexity index is 765. The van der Waals surface area contributed by atoms with E-state index in [9.17, 15) is 9.59 Å². The quantitative estimate of drug-likeness (QED) is 0.566. The third-order valence-electron chi connectivity index (χ3n) is 4.52. The summed E-state index contributed by atoms with van der Waals surface area (Å²) in [5.41, 5.74) is 0.435. The molecule has 0 radical (unpaired) electrons. The van der Waals surface area contributed by atoms with Gasteiger partial charge in [-0.25, -0.2) is 14.5 Å². The predicted molar refractivity (Wildman–Crippen MR) is 99.6 cm³/mol. The third-order valence-corrected chi connectivity index (χ3v) is 4.75. The highest BCUT2D eigenvalue weighted by atomic mass is 35.5. The van der Waals surface area contributed by atoms with Crippen molar-refractivity contribution in [2.45, 2.75) is 31.7 Å². The number of rotatable bonds is 3. The van der Waals surface area contributed by atoms with Crippen LogP contribution in [0.1, 0.15) is 25.7 Å². The first-order chi connectivity index (χ1) is 13.3. The molecule has 2 heterocycles. The van der Waals surface area contributed by atoms with Crippen molar-refractivity contribution >= 4 is 41.0 Å². The number of aliphatic carboxylic acids is 2. The fourth-order valence-electron chi connectivity index (χ4n) is 3.22. The Morgan fingerprint density at radius 2 is 1.71 bits per heavy atom. The number of carbonyl (C=O) groups excluding carboxylic acids is 2. The zero-order valence-corrected chi connectivity index (χ0v) is 16.0. The Morgan fingerprint density at radius 3 is 2.25 bits per heavy atom. The maximum atomic E-state index is 12.8. The predicted octanol–water partition coefficient (Wildman–Crippen LogP) is 1.62. The highest BCUT2D eigenvalue weighted by Gasteiger charge is 2.43. The van der Waals surface area contributed by atoms with Crippen molar-refractivity contribution in [3.05, 3.63) is 23.2 Å². The van der Waals surface area contributed by atoms with Crippen molar-refractivity contribution in [1.29, 1.82) is 0 Å². The van der Waals surface area contributed by atoms with E-state index in [1.807, 2.05) is 0 Å². The lowest BCUT2D eigenvalue weighted by Crippen LogP contribution is -2.44. The molecule has 3 rings (SSSR count). The summed E-state index contributed by atoms with van der Waals surface area (Å²) in [4.78, 5) is 46.7. The largest absolute Gasteiger partial charge is 0.495 e. The van der Waals surface area contributed by atoms with Crippen LogP contribution < -0.4 is 9.64 Å². The van der Waals surface area contributed by atoms with Crippen LogP contribution in [0.5, 0.6) is 5.75 Å². The van der Waals surface area contributed by atoms with Gasteiger partial charge in [-0.1, -0.05) is 18.0 Å². The van der Waals surface area contributed by atoms with Gasteiger partial charge >= 0.3 is 11.9 Å². The summed E-state index contributed by atoms with van der Waals surface area (Å²) in [6.45, 7) is 1.76. The molecule has 152 valence electrons. The number of carbonyl (C=O) groups is 4. The van der Waals surface area contributed by atoms with E-state index in [0.29, 0.717) is 16.5 Å². The minimum Gasteiger partial charge on any atom is -0.495 e. The molecule has 2 aliphatic heterocycles. The van der Waals surface area contributed by atoms with Gasteiger partial charge in [-0.2, -0.15) is 0 Å². The van der Waals surface area contributed by atoms with Gasteiger partial charge in [0.1, 0.15) is 5.75 Å². The van der Waals surface area contributed by atoms with E-state index in [1.165, 1.54) is 18.4 Å². The van der Waals surface area contributed by atoms with E-state index in [1.54, 1.807) is 18.2 Å². The van der Waals surface area contributed by atoms with Gasteiger partial charge < -0.3 is 14.9 Å². The molecule has 0 saturated carbocycles. The summed E-state index contributed by atoms with van der Waals surface area (Å²) >= 11 is 6.02. The minimum atomic E-state index is -1.82. The molecular formula is C18H21ClN2O7. The second-order valence-corrected chi connectivity index (χ2v) is 6.75. The number of methoxy groups -OCH3 is 1. The molecule has 1 unspecified atom stereocenters. The Balaban J connectivity index is 0.000000409. The molecule has 1 aromatic carbocycles. The second-order valence-electron chi connectivity index (χ2n) is 6.31. The number of anilines is 1. The summed E-state index contributed by atoms with van der Waals surface area (Å²) < 4.78 is 5.27. The number of benzene rings is 1. The van der Waals surface area contributed by atoms with Crippen molar-refractivity contribution in [3.63, 3.8) is 0 Å². The number of carboxylic acids is 2. The van der Waals surface area contributed by atoms with E-state index in [-0.39, 0.29) is 24.3 Å². The van der Waals surface area contributed by atoms with Gasteiger partial charge in [-0.05, 0) is 44.1 Å². The molecule has 28 heavy (non-hydrogen) atoms. The molecule has 2 saturated heterocycles. The molecule has 2 N–H and O–H groups in total. The molecule has 2 amide bonds. The van der Waals surface area contributed by atoms with E-state index >= 15 is 0 Å². The van der Waals surface area contributed by atoms with E-state index < -0.39 is 11.9 Å². The average molecular weight is 413 g/mol. The van der Waals surface area contributed by atoms with Crippen LogP contribution >= 0.6 is 11.6 Å². The zero-order chi connectivity index (χ0) is 20.8. The Kier molecular flexibility index (Phi) is 7.36. The third kappa shape index (κ3) is 4.99. The SMILES string of the molecule is COc1ccc(Cl)cc1N1C(=O)CC(N2CCCCC2)C1=O.O=C(O)C(=O)O. The van der Waals surface area contributed by atoms with Gasteiger partial charge in [0.25, 0.3) is 5.91 Å². The van der Waals surface area contributed by atoms with Gasteiger partial charge in [0.05, 0.1) is 25.3 Å². The molecule has 10 heteroatoms. The zero-order valence-electron chi connectivity index (χ0n) is 15.3. The van der Waals surface area contributed by atoms with Gasteiger partial charge in [0.15, 0.2) is 0 Å². The Morgan fingerprint density at radius 1 is 1.11 bits per heavy atom.